The summed E-state index contributed by atoms with van der Waals surface area (Å²) in [6.45, 7) is -2.89. The minimum absolute atomic E-state index is 0.0383. The van der Waals surface area contributed by atoms with Crippen LogP contribution in [0, 0.1) is 28.4 Å². The minimum Gasteiger partial charge on any atom is -0.398 e. The molecule has 1 amide bonds. The average Bonchev–Trinajstić information content (AvgIpc) is 3.20. The molecule has 0 radical (unpaired) electrons. The number of alkyl halides is 2. The van der Waals surface area contributed by atoms with Gasteiger partial charge in [-0.25, -0.2) is 13.5 Å². The zero-order valence-corrected chi connectivity index (χ0v) is 15.0. The molecule has 4 N–H and O–H groups in total. The van der Waals surface area contributed by atoms with Gasteiger partial charge in [0.2, 0.25) is 0 Å². The van der Waals surface area contributed by atoms with Gasteiger partial charge in [-0.3, -0.25) is 10.2 Å². The number of nitrogen functional groups attached to an aromatic ring is 1. The number of benzene rings is 2. The number of hydrogen-bond acceptors (Lipinski definition) is 5. The first-order valence-corrected chi connectivity index (χ1v) is 8.23. The lowest BCUT2D eigenvalue weighted by atomic mass is 10.0. The molecule has 0 aliphatic heterocycles. The SMILES string of the molecule is N#Cc1ccc(F)c(C(=O)Nc2ccc(N)c(C(=N)c3cnn(C(F)F)c3)c2)c1F. The monoisotopic (exact) mass is 416 g/mol. The van der Waals surface area contributed by atoms with Crippen LogP contribution in [0.4, 0.5) is 28.9 Å². The van der Waals surface area contributed by atoms with E-state index >= 15 is 0 Å². The summed E-state index contributed by atoms with van der Waals surface area (Å²) >= 11 is 0. The third kappa shape index (κ3) is 3.83. The molecule has 152 valence electrons. The Balaban J connectivity index is 1.91. The number of nitrogens with one attached hydrogen (secondary N) is 2. The van der Waals surface area contributed by atoms with Crippen molar-refractivity contribution in [3.05, 3.63) is 76.6 Å². The van der Waals surface area contributed by atoms with Crippen molar-refractivity contribution in [1.29, 1.82) is 10.7 Å². The highest BCUT2D eigenvalue weighted by Crippen LogP contribution is 2.24. The Morgan fingerprint density at radius 2 is 2.00 bits per heavy atom. The molecule has 0 saturated carbocycles. The lowest BCUT2D eigenvalue weighted by molar-refractivity contribution is 0.0566. The normalized spacial score (nSPS) is 10.7. The molecule has 0 spiro atoms. The fourth-order valence-electron chi connectivity index (χ4n) is 2.62. The fourth-order valence-corrected chi connectivity index (χ4v) is 2.62. The van der Waals surface area contributed by atoms with Crippen molar-refractivity contribution >= 4 is 23.0 Å². The van der Waals surface area contributed by atoms with Crippen LogP contribution in [0.1, 0.15) is 33.6 Å². The Labute approximate surface area is 166 Å². The molecule has 0 unspecified atom stereocenters. The second-order valence-electron chi connectivity index (χ2n) is 6.01. The van der Waals surface area contributed by atoms with Gasteiger partial charge in [0.05, 0.1) is 17.5 Å². The number of amides is 1. The van der Waals surface area contributed by atoms with E-state index in [0.29, 0.717) is 4.68 Å². The molecule has 1 heterocycles. The Morgan fingerprint density at radius 3 is 2.63 bits per heavy atom. The van der Waals surface area contributed by atoms with Gasteiger partial charge in [0.1, 0.15) is 17.4 Å². The number of hydrogen-bond donors (Lipinski definition) is 3. The summed E-state index contributed by atoms with van der Waals surface area (Å²) in [5, 5.41) is 22.7. The maximum Gasteiger partial charge on any atom is 0.333 e. The minimum atomic E-state index is -2.89. The highest BCUT2D eigenvalue weighted by Gasteiger charge is 2.21. The maximum absolute atomic E-state index is 14.2. The fraction of sp³-hybridized carbons (Fsp3) is 0.0526. The van der Waals surface area contributed by atoms with E-state index in [1.165, 1.54) is 24.3 Å². The topological polar surface area (TPSA) is 121 Å². The molecule has 3 rings (SSSR count). The van der Waals surface area contributed by atoms with Crippen LogP contribution in [0.3, 0.4) is 0 Å². The molecule has 0 saturated heterocycles. The number of halogens is 4. The highest BCUT2D eigenvalue weighted by molar-refractivity contribution is 6.14. The predicted molar refractivity (Wildman–Crippen MR) is 99.3 cm³/mol. The molecule has 0 bridgehead atoms. The summed E-state index contributed by atoms with van der Waals surface area (Å²) in [7, 11) is 0. The summed E-state index contributed by atoms with van der Waals surface area (Å²) in [6, 6.07) is 7.12. The van der Waals surface area contributed by atoms with Gasteiger partial charge >= 0.3 is 6.55 Å². The van der Waals surface area contributed by atoms with E-state index < -0.39 is 35.2 Å². The van der Waals surface area contributed by atoms with E-state index in [1.54, 1.807) is 0 Å². The van der Waals surface area contributed by atoms with Crippen molar-refractivity contribution in [1.82, 2.24) is 9.78 Å². The van der Waals surface area contributed by atoms with Crippen LogP contribution >= 0.6 is 0 Å². The molecule has 0 aliphatic carbocycles. The van der Waals surface area contributed by atoms with Crippen LogP contribution in [0.15, 0.2) is 42.7 Å². The van der Waals surface area contributed by atoms with Crippen LogP contribution < -0.4 is 11.1 Å². The first-order chi connectivity index (χ1) is 14.2. The molecule has 3 aromatic rings. The molecule has 30 heavy (non-hydrogen) atoms. The number of nitrogens with zero attached hydrogens (tertiary/aromatic N) is 3. The van der Waals surface area contributed by atoms with Gasteiger partial charge in [-0.15, -0.1) is 0 Å². The summed E-state index contributed by atoms with van der Waals surface area (Å²) in [4.78, 5) is 12.4. The number of carbonyl (C=O) groups is 1. The van der Waals surface area contributed by atoms with Crippen LogP contribution in [-0.4, -0.2) is 21.4 Å². The predicted octanol–water partition coefficient (Wildman–Crippen LogP) is 3.68. The van der Waals surface area contributed by atoms with Gasteiger partial charge in [0.25, 0.3) is 5.91 Å². The van der Waals surface area contributed by atoms with Gasteiger partial charge in [0.15, 0.2) is 5.82 Å². The van der Waals surface area contributed by atoms with E-state index in [0.717, 1.165) is 24.5 Å². The Hall–Kier alpha value is -4.20. The Kier molecular flexibility index (Phi) is 5.50. The smallest absolute Gasteiger partial charge is 0.333 e. The first kappa shape index (κ1) is 20.5. The maximum atomic E-state index is 14.2. The number of anilines is 2. The van der Waals surface area contributed by atoms with E-state index in [2.05, 4.69) is 10.4 Å². The van der Waals surface area contributed by atoms with E-state index in [9.17, 15) is 22.4 Å². The van der Waals surface area contributed by atoms with Crippen molar-refractivity contribution in [2.45, 2.75) is 6.55 Å². The number of nitriles is 1. The van der Waals surface area contributed by atoms with Gasteiger partial charge < -0.3 is 11.1 Å². The second-order valence-corrected chi connectivity index (χ2v) is 6.01. The molecule has 0 aliphatic rings. The lowest BCUT2D eigenvalue weighted by Gasteiger charge is -2.11. The van der Waals surface area contributed by atoms with Crippen LogP contribution in [-0.2, 0) is 0 Å². The third-order valence-corrected chi connectivity index (χ3v) is 4.11. The summed E-state index contributed by atoms with van der Waals surface area (Å²) in [6.07, 6.45) is 2.01. The third-order valence-electron chi connectivity index (χ3n) is 4.11. The molecule has 1 aromatic heterocycles. The second kappa shape index (κ2) is 8.04. The first-order valence-electron chi connectivity index (χ1n) is 8.23. The molecule has 7 nitrogen and oxygen atoms in total. The summed E-state index contributed by atoms with van der Waals surface area (Å²) in [5.74, 6) is -3.63. The van der Waals surface area contributed by atoms with Gasteiger partial charge in [-0.05, 0) is 30.3 Å². The lowest BCUT2D eigenvalue weighted by Crippen LogP contribution is -2.17. The van der Waals surface area contributed by atoms with Crippen LogP contribution in [0.5, 0.6) is 0 Å². The molecule has 11 heteroatoms. The van der Waals surface area contributed by atoms with Crippen molar-refractivity contribution in [2.24, 2.45) is 0 Å². The van der Waals surface area contributed by atoms with Crippen molar-refractivity contribution in [2.75, 3.05) is 11.1 Å². The number of aromatic nitrogens is 2. The van der Waals surface area contributed by atoms with Crippen molar-refractivity contribution in [3.63, 3.8) is 0 Å². The quantitative estimate of drug-likeness (QED) is 0.334. The summed E-state index contributed by atoms with van der Waals surface area (Å²) < 4.78 is 53.9. The van der Waals surface area contributed by atoms with Crippen molar-refractivity contribution < 1.29 is 22.4 Å². The van der Waals surface area contributed by atoms with Gasteiger partial charge in [0, 0.05) is 28.7 Å². The largest absolute Gasteiger partial charge is 0.398 e. The molecular weight excluding hydrogens is 404 g/mol. The number of rotatable bonds is 5. The Bertz CT molecular complexity index is 1200. The molecular formula is C19H12F4N6O. The van der Waals surface area contributed by atoms with Crippen molar-refractivity contribution in [3.8, 4) is 6.07 Å². The highest BCUT2D eigenvalue weighted by atomic mass is 19.3. The van der Waals surface area contributed by atoms with Crippen LogP contribution in [0.25, 0.3) is 0 Å². The van der Waals surface area contributed by atoms with Gasteiger partial charge in [-0.2, -0.15) is 19.1 Å². The summed E-state index contributed by atoms with van der Waals surface area (Å²) in [5.41, 5.74) is 4.41. The standard InChI is InChI=1S/C19H12F4N6O/c20-13-3-1-9(6-24)16(21)15(13)18(30)28-11-2-4-14(25)12(5-11)17(26)10-7-27-29(8-10)19(22)23/h1-5,7-8,19,26H,25H2,(H,28,30). The molecule has 0 atom stereocenters. The number of nitrogens with two attached hydrogens (primary N) is 1. The van der Waals surface area contributed by atoms with E-state index in [4.69, 9.17) is 16.4 Å². The Morgan fingerprint density at radius 1 is 1.27 bits per heavy atom. The molecule has 2 aromatic carbocycles. The average molecular weight is 416 g/mol. The van der Waals surface area contributed by atoms with E-state index in [1.807, 2.05) is 0 Å². The zero-order chi connectivity index (χ0) is 22.0. The number of carbonyl (C=O) groups excluding carboxylic acids is 1. The van der Waals surface area contributed by atoms with E-state index in [-0.39, 0.29) is 28.2 Å². The van der Waals surface area contributed by atoms with Crippen LogP contribution in [0.2, 0.25) is 0 Å². The molecule has 0 fully saturated rings. The zero-order valence-electron chi connectivity index (χ0n) is 15.0. The van der Waals surface area contributed by atoms with Gasteiger partial charge in [-0.1, -0.05) is 0 Å².